The third-order valence-corrected chi connectivity index (χ3v) is 7.37. The van der Waals surface area contributed by atoms with Gasteiger partial charge in [0.25, 0.3) is 5.91 Å². The van der Waals surface area contributed by atoms with E-state index in [1.54, 1.807) is 5.38 Å². The molecular weight excluding hydrogens is 476 g/mol. The van der Waals surface area contributed by atoms with Gasteiger partial charge in [0.15, 0.2) is 5.13 Å². The second-order valence-corrected chi connectivity index (χ2v) is 10.3. The van der Waals surface area contributed by atoms with Crippen molar-refractivity contribution in [2.75, 3.05) is 16.8 Å². The lowest BCUT2D eigenvalue weighted by Gasteiger charge is -2.34. The van der Waals surface area contributed by atoms with Crippen molar-refractivity contribution in [2.24, 2.45) is 0 Å². The van der Waals surface area contributed by atoms with Crippen LogP contribution in [0, 0.1) is 13.8 Å². The minimum Gasteiger partial charge on any atom is -0.359 e. The van der Waals surface area contributed by atoms with E-state index < -0.39 is 6.04 Å². The third kappa shape index (κ3) is 5.12. The van der Waals surface area contributed by atoms with Gasteiger partial charge in [0.1, 0.15) is 11.7 Å². The molecule has 1 aromatic carbocycles. The Morgan fingerprint density at radius 2 is 1.84 bits per heavy atom. The van der Waals surface area contributed by atoms with E-state index in [2.05, 4.69) is 31.5 Å². The Balaban J connectivity index is 1.42. The van der Waals surface area contributed by atoms with Gasteiger partial charge in [-0.1, -0.05) is 35.2 Å². The molecule has 8 heteroatoms. The summed E-state index contributed by atoms with van der Waals surface area (Å²) in [7, 11) is 0. The number of halogens is 1. The minimum absolute atomic E-state index is 0.0519. The number of carbonyl (C=O) groups excluding carboxylic acids is 2. The Bertz CT molecular complexity index is 947. The molecule has 1 aromatic heterocycles. The average Bonchev–Trinajstić information content (AvgIpc) is 3.19. The van der Waals surface area contributed by atoms with E-state index in [0.717, 1.165) is 45.7 Å². The number of hydrogen-bond acceptors (Lipinski definition) is 5. The standard InChI is InChI=1S/C23H29BrN4O2S/c1-14-11-16(24)12-15(2)20(14)28-10-6-9-18(22(28)30)26-21(29)19-13-31-23(27-19)25-17-7-4-3-5-8-17/h11-13,17-18H,3-10H2,1-2H3,(H,25,27)(H,26,29). The Labute approximate surface area is 195 Å². The summed E-state index contributed by atoms with van der Waals surface area (Å²) in [6.07, 6.45) is 7.59. The SMILES string of the molecule is Cc1cc(Br)cc(C)c1N1CCCC(NC(=O)c2csc(NC3CCCCC3)n2)C1=O. The normalized spacial score (nSPS) is 20.0. The van der Waals surface area contributed by atoms with E-state index in [4.69, 9.17) is 0 Å². The molecule has 4 rings (SSSR count). The quantitative estimate of drug-likeness (QED) is 0.587. The summed E-state index contributed by atoms with van der Waals surface area (Å²) in [6, 6.07) is 3.96. The number of piperidine rings is 1. The van der Waals surface area contributed by atoms with E-state index >= 15 is 0 Å². The molecular formula is C23H29BrN4O2S. The second kappa shape index (κ2) is 9.69. The van der Waals surface area contributed by atoms with Crippen molar-refractivity contribution in [3.8, 4) is 0 Å². The van der Waals surface area contributed by atoms with Crippen LogP contribution in [0.4, 0.5) is 10.8 Å². The van der Waals surface area contributed by atoms with Gasteiger partial charge < -0.3 is 15.5 Å². The Morgan fingerprint density at radius 3 is 2.55 bits per heavy atom. The monoisotopic (exact) mass is 504 g/mol. The molecule has 6 nitrogen and oxygen atoms in total. The highest BCUT2D eigenvalue weighted by molar-refractivity contribution is 9.10. The number of nitrogens with zero attached hydrogens (tertiary/aromatic N) is 2. The lowest BCUT2D eigenvalue weighted by Crippen LogP contribution is -2.52. The maximum Gasteiger partial charge on any atom is 0.271 e. The number of amides is 2. The van der Waals surface area contributed by atoms with Crippen LogP contribution in [-0.2, 0) is 4.79 Å². The number of carbonyl (C=O) groups is 2. The maximum absolute atomic E-state index is 13.2. The summed E-state index contributed by atoms with van der Waals surface area (Å²) in [4.78, 5) is 32.3. The van der Waals surface area contributed by atoms with Gasteiger partial charge in [-0.05, 0) is 62.8 Å². The van der Waals surface area contributed by atoms with Gasteiger partial charge in [-0.3, -0.25) is 9.59 Å². The van der Waals surface area contributed by atoms with Crippen LogP contribution < -0.4 is 15.5 Å². The molecule has 2 aromatic rings. The molecule has 2 N–H and O–H groups in total. The molecule has 0 radical (unpaired) electrons. The highest BCUT2D eigenvalue weighted by Gasteiger charge is 2.33. The highest BCUT2D eigenvalue weighted by Crippen LogP contribution is 2.31. The van der Waals surface area contributed by atoms with Gasteiger partial charge in [0.2, 0.25) is 5.91 Å². The fourth-order valence-electron chi connectivity index (χ4n) is 4.66. The number of rotatable bonds is 5. The Kier molecular flexibility index (Phi) is 6.96. The lowest BCUT2D eigenvalue weighted by atomic mass is 9.96. The highest BCUT2D eigenvalue weighted by atomic mass is 79.9. The molecule has 166 valence electrons. The van der Waals surface area contributed by atoms with Crippen LogP contribution in [0.15, 0.2) is 22.0 Å². The molecule has 2 fully saturated rings. The number of aromatic nitrogens is 1. The zero-order chi connectivity index (χ0) is 22.0. The van der Waals surface area contributed by atoms with Gasteiger partial charge in [-0.2, -0.15) is 0 Å². The van der Waals surface area contributed by atoms with Crippen molar-refractivity contribution >= 4 is 49.9 Å². The number of aryl methyl sites for hydroxylation is 2. The summed E-state index contributed by atoms with van der Waals surface area (Å²) in [5.74, 6) is -0.332. The molecule has 2 heterocycles. The largest absolute Gasteiger partial charge is 0.359 e. The number of anilines is 2. The summed E-state index contributed by atoms with van der Waals surface area (Å²) in [5.41, 5.74) is 3.42. The van der Waals surface area contributed by atoms with E-state index in [-0.39, 0.29) is 11.8 Å². The van der Waals surface area contributed by atoms with Crippen molar-refractivity contribution in [1.82, 2.24) is 10.3 Å². The number of benzene rings is 1. The van der Waals surface area contributed by atoms with Gasteiger partial charge in [0, 0.05) is 28.1 Å². The van der Waals surface area contributed by atoms with Gasteiger partial charge in [-0.15, -0.1) is 11.3 Å². The molecule has 0 bridgehead atoms. The van der Waals surface area contributed by atoms with Gasteiger partial charge in [-0.25, -0.2) is 4.98 Å². The van der Waals surface area contributed by atoms with Crippen LogP contribution in [0.3, 0.4) is 0 Å². The number of thiazole rings is 1. The smallest absolute Gasteiger partial charge is 0.271 e. The molecule has 1 unspecified atom stereocenters. The van der Waals surface area contributed by atoms with Crippen LogP contribution in [0.25, 0.3) is 0 Å². The van der Waals surface area contributed by atoms with Crippen molar-refractivity contribution < 1.29 is 9.59 Å². The summed E-state index contributed by atoms with van der Waals surface area (Å²) >= 11 is 4.97. The number of hydrogen-bond donors (Lipinski definition) is 2. The van der Waals surface area contributed by atoms with Crippen molar-refractivity contribution in [3.63, 3.8) is 0 Å². The van der Waals surface area contributed by atoms with E-state index in [1.165, 1.54) is 30.6 Å². The van der Waals surface area contributed by atoms with Crippen LogP contribution in [-0.4, -0.2) is 35.4 Å². The topological polar surface area (TPSA) is 74.3 Å². The van der Waals surface area contributed by atoms with Crippen LogP contribution >= 0.6 is 27.3 Å². The fourth-order valence-corrected chi connectivity index (χ4v) is 6.11. The predicted molar refractivity (Wildman–Crippen MR) is 129 cm³/mol. The van der Waals surface area contributed by atoms with Crippen molar-refractivity contribution in [2.45, 2.75) is 70.9 Å². The minimum atomic E-state index is -0.528. The fraction of sp³-hybridized carbons (Fsp3) is 0.522. The molecule has 1 aliphatic heterocycles. The zero-order valence-electron chi connectivity index (χ0n) is 18.0. The van der Waals surface area contributed by atoms with Crippen LogP contribution in [0.1, 0.15) is 66.6 Å². The van der Waals surface area contributed by atoms with Crippen molar-refractivity contribution in [3.05, 3.63) is 38.8 Å². The second-order valence-electron chi connectivity index (χ2n) is 8.56. The van der Waals surface area contributed by atoms with Crippen LogP contribution in [0.2, 0.25) is 0 Å². The molecule has 1 saturated heterocycles. The number of nitrogens with one attached hydrogen (secondary N) is 2. The summed E-state index contributed by atoms with van der Waals surface area (Å²) in [6.45, 7) is 4.69. The molecule has 2 aliphatic rings. The third-order valence-electron chi connectivity index (χ3n) is 6.14. The first-order valence-electron chi connectivity index (χ1n) is 11.0. The molecule has 1 saturated carbocycles. The van der Waals surface area contributed by atoms with E-state index in [1.807, 2.05) is 30.9 Å². The average molecular weight is 505 g/mol. The zero-order valence-corrected chi connectivity index (χ0v) is 20.4. The Morgan fingerprint density at radius 1 is 1.13 bits per heavy atom. The first kappa shape index (κ1) is 22.3. The van der Waals surface area contributed by atoms with Gasteiger partial charge in [0.05, 0.1) is 0 Å². The predicted octanol–water partition coefficient (Wildman–Crippen LogP) is 5.19. The lowest BCUT2D eigenvalue weighted by molar-refractivity contribution is -0.121. The molecule has 31 heavy (non-hydrogen) atoms. The van der Waals surface area contributed by atoms with Gasteiger partial charge >= 0.3 is 0 Å². The molecule has 2 amide bonds. The molecule has 1 aliphatic carbocycles. The molecule has 0 spiro atoms. The van der Waals surface area contributed by atoms with E-state index in [9.17, 15) is 9.59 Å². The van der Waals surface area contributed by atoms with Crippen molar-refractivity contribution in [1.29, 1.82) is 0 Å². The maximum atomic E-state index is 13.2. The van der Waals surface area contributed by atoms with Crippen LogP contribution in [0.5, 0.6) is 0 Å². The first-order chi connectivity index (χ1) is 14.9. The first-order valence-corrected chi connectivity index (χ1v) is 12.7. The molecule has 1 atom stereocenters. The summed E-state index contributed by atoms with van der Waals surface area (Å²) in [5, 5.41) is 8.95. The summed E-state index contributed by atoms with van der Waals surface area (Å²) < 4.78 is 1.00. The van der Waals surface area contributed by atoms with E-state index in [0.29, 0.717) is 24.7 Å². The Hall–Kier alpha value is -1.93.